The number of rotatable bonds is 6. The van der Waals surface area contributed by atoms with E-state index in [1.54, 1.807) is 6.07 Å². The van der Waals surface area contributed by atoms with Gasteiger partial charge in [0, 0.05) is 31.5 Å². The van der Waals surface area contributed by atoms with E-state index in [0.717, 1.165) is 43.8 Å². The van der Waals surface area contributed by atoms with Crippen LogP contribution in [0.5, 0.6) is 0 Å². The van der Waals surface area contributed by atoms with Crippen LogP contribution in [0.1, 0.15) is 42.2 Å². The number of ether oxygens (including phenoxy) is 1. The van der Waals surface area contributed by atoms with Crippen molar-refractivity contribution < 1.29 is 9.53 Å². The Morgan fingerprint density at radius 2 is 2.35 bits per heavy atom. The Morgan fingerprint density at radius 1 is 1.50 bits per heavy atom. The monoisotopic (exact) mass is 277 g/mol. The van der Waals surface area contributed by atoms with Crippen molar-refractivity contribution in [1.29, 1.82) is 0 Å². The normalized spacial score (nSPS) is 18.0. The minimum atomic E-state index is -0.0586. The van der Waals surface area contributed by atoms with Crippen LogP contribution < -0.4 is 10.6 Å². The zero-order valence-electron chi connectivity index (χ0n) is 12.2. The predicted molar refractivity (Wildman–Crippen MR) is 79.1 cm³/mol. The Morgan fingerprint density at radius 3 is 3.00 bits per heavy atom. The average molecular weight is 277 g/mol. The van der Waals surface area contributed by atoms with Gasteiger partial charge in [-0.25, -0.2) is 4.98 Å². The molecular weight excluding hydrogens is 254 g/mol. The number of nitrogens with zero attached hydrogens (tertiary/aromatic N) is 1. The molecule has 0 aliphatic carbocycles. The molecule has 1 aromatic heterocycles. The third-order valence-corrected chi connectivity index (χ3v) is 3.42. The molecule has 0 bridgehead atoms. The van der Waals surface area contributed by atoms with Crippen LogP contribution in [0.15, 0.2) is 12.1 Å². The lowest BCUT2D eigenvalue weighted by Crippen LogP contribution is -2.31. The van der Waals surface area contributed by atoms with Gasteiger partial charge in [0.15, 0.2) is 0 Å². The van der Waals surface area contributed by atoms with E-state index < -0.39 is 0 Å². The van der Waals surface area contributed by atoms with Gasteiger partial charge in [0.2, 0.25) is 0 Å². The fraction of sp³-hybridized carbons (Fsp3) is 0.600. The van der Waals surface area contributed by atoms with Crippen LogP contribution in [0.3, 0.4) is 0 Å². The highest BCUT2D eigenvalue weighted by Crippen LogP contribution is 2.13. The van der Waals surface area contributed by atoms with Gasteiger partial charge in [-0.05, 0) is 31.4 Å². The van der Waals surface area contributed by atoms with Crippen LogP contribution in [0.2, 0.25) is 0 Å². The van der Waals surface area contributed by atoms with Crippen molar-refractivity contribution in [2.24, 2.45) is 0 Å². The second-order valence-corrected chi connectivity index (χ2v) is 5.08. The number of carbonyl (C=O) groups excluding carboxylic acids is 1. The van der Waals surface area contributed by atoms with Crippen LogP contribution in [0, 0.1) is 0 Å². The molecule has 5 heteroatoms. The Kier molecular flexibility index (Phi) is 5.35. The topological polar surface area (TPSA) is 63.2 Å². The van der Waals surface area contributed by atoms with Crippen LogP contribution in [0.25, 0.3) is 0 Å². The minimum Gasteiger partial charge on any atom is -0.376 e. The molecule has 1 amide bonds. The molecule has 1 fully saturated rings. The molecule has 5 nitrogen and oxygen atoms in total. The quantitative estimate of drug-likeness (QED) is 0.834. The van der Waals surface area contributed by atoms with Gasteiger partial charge in [-0.3, -0.25) is 4.79 Å². The summed E-state index contributed by atoms with van der Waals surface area (Å²) in [5.74, 6) is 0.676. The van der Waals surface area contributed by atoms with Gasteiger partial charge < -0.3 is 15.4 Å². The van der Waals surface area contributed by atoms with Crippen molar-refractivity contribution in [2.45, 2.75) is 38.7 Å². The number of hydrogen-bond donors (Lipinski definition) is 2. The molecule has 0 aromatic carbocycles. The predicted octanol–water partition coefficient (Wildman–Crippen LogP) is 1.98. The van der Waals surface area contributed by atoms with Gasteiger partial charge in [0.1, 0.15) is 5.82 Å². The van der Waals surface area contributed by atoms with Crippen LogP contribution in [-0.2, 0) is 11.2 Å². The molecule has 1 unspecified atom stereocenters. The Balaban J connectivity index is 2.01. The van der Waals surface area contributed by atoms with Crippen molar-refractivity contribution in [1.82, 2.24) is 10.3 Å². The summed E-state index contributed by atoms with van der Waals surface area (Å²) in [6.07, 6.45) is 4.16. The summed E-state index contributed by atoms with van der Waals surface area (Å²) >= 11 is 0. The maximum absolute atomic E-state index is 12.2. The highest BCUT2D eigenvalue weighted by atomic mass is 16.5. The average Bonchev–Trinajstić information content (AvgIpc) is 2.98. The van der Waals surface area contributed by atoms with Crippen molar-refractivity contribution in [3.8, 4) is 0 Å². The molecule has 1 aliphatic heterocycles. The van der Waals surface area contributed by atoms with Gasteiger partial charge in [0.05, 0.1) is 6.10 Å². The highest BCUT2D eigenvalue weighted by Gasteiger charge is 2.17. The SMILES string of the molecule is CCCc1cc(C(=O)NCC2CCCO2)cc(NC)n1. The van der Waals surface area contributed by atoms with Crippen molar-refractivity contribution in [2.75, 3.05) is 25.5 Å². The largest absolute Gasteiger partial charge is 0.376 e. The summed E-state index contributed by atoms with van der Waals surface area (Å²) in [6, 6.07) is 3.65. The molecule has 0 saturated carbocycles. The van der Waals surface area contributed by atoms with Crippen molar-refractivity contribution >= 4 is 11.7 Å². The molecule has 2 N–H and O–H groups in total. The van der Waals surface area contributed by atoms with Crippen LogP contribution >= 0.6 is 0 Å². The van der Waals surface area contributed by atoms with Gasteiger partial charge in [-0.1, -0.05) is 13.3 Å². The van der Waals surface area contributed by atoms with Crippen molar-refractivity contribution in [3.63, 3.8) is 0 Å². The molecule has 110 valence electrons. The van der Waals surface area contributed by atoms with E-state index >= 15 is 0 Å². The van der Waals surface area contributed by atoms with Gasteiger partial charge in [-0.15, -0.1) is 0 Å². The second-order valence-electron chi connectivity index (χ2n) is 5.08. The lowest BCUT2D eigenvalue weighted by molar-refractivity contribution is 0.0857. The first-order valence-electron chi connectivity index (χ1n) is 7.31. The Bertz CT molecular complexity index is 456. The molecule has 0 radical (unpaired) electrons. The molecule has 20 heavy (non-hydrogen) atoms. The van der Waals surface area contributed by atoms with Crippen LogP contribution in [0.4, 0.5) is 5.82 Å². The first-order valence-corrected chi connectivity index (χ1v) is 7.31. The second kappa shape index (κ2) is 7.24. The summed E-state index contributed by atoms with van der Waals surface area (Å²) in [6.45, 7) is 3.49. The lowest BCUT2D eigenvalue weighted by atomic mass is 10.1. The minimum absolute atomic E-state index is 0.0586. The third kappa shape index (κ3) is 3.93. The van der Waals surface area contributed by atoms with E-state index in [1.165, 1.54) is 0 Å². The zero-order chi connectivity index (χ0) is 14.4. The third-order valence-electron chi connectivity index (χ3n) is 3.42. The van der Waals surface area contributed by atoms with E-state index in [9.17, 15) is 4.79 Å². The first-order chi connectivity index (χ1) is 9.72. The number of amides is 1. The molecule has 2 rings (SSSR count). The van der Waals surface area contributed by atoms with E-state index in [2.05, 4.69) is 22.5 Å². The maximum atomic E-state index is 12.2. The van der Waals surface area contributed by atoms with Crippen LogP contribution in [-0.4, -0.2) is 37.2 Å². The molecule has 1 saturated heterocycles. The van der Waals surface area contributed by atoms with Gasteiger partial charge in [-0.2, -0.15) is 0 Å². The van der Waals surface area contributed by atoms with E-state index in [4.69, 9.17) is 4.74 Å². The van der Waals surface area contributed by atoms with Gasteiger partial charge >= 0.3 is 0 Å². The number of anilines is 1. The standard InChI is InChI=1S/C15H23N3O2/c1-3-5-12-8-11(9-14(16-2)18-12)15(19)17-10-13-6-4-7-20-13/h8-9,13H,3-7,10H2,1-2H3,(H,16,18)(H,17,19). The lowest BCUT2D eigenvalue weighted by Gasteiger charge is -2.12. The number of hydrogen-bond acceptors (Lipinski definition) is 4. The van der Waals surface area contributed by atoms with E-state index in [0.29, 0.717) is 12.1 Å². The maximum Gasteiger partial charge on any atom is 0.251 e. The summed E-state index contributed by atoms with van der Waals surface area (Å²) in [7, 11) is 1.81. The number of pyridine rings is 1. The highest BCUT2D eigenvalue weighted by molar-refractivity contribution is 5.95. The molecule has 1 aromatic rings. The Hall–Kier alpha value is -1.62. The summed E-state index contributed by atoms with van der Waals surface area (Å²) in [4.78, 5) is 16.6. The number of aryl methyl sites for hydroxylation is 1. The van der Waals surface area contributed by atoms with E-state index in [1.807, 2.05) is 13.1 Å². The molecule has 1 atom stereocenters. The number of aromatic nitrogens is 1. The number of nitrogens with one attached hydrogen (secondary N) is 2. The smallest absolute Gasteiger partial charge is 0.251 e. The fourth-order valence-electron chi connectivity index (χ4n) is 2.35. The van der Waals surface area contributed by atoms with E-state index in [-0.39, 0.29) is 12.0 Å². The summed E-state index contributed by atoms with van der Waals surface area (Å²) < 4.78 is 5.51. The molecule has 1 aliphatic rings. The molecular formula is C15H23N3O2. The number of carbonyl (C=O) groups is 1. The Labute approximate surface area is 120 Å². The summed E-state index contributed by atoms with van der Waals surface area (Å²) in [5.41, 5.74) is 1.60. The fourth-order valence-corrected chi connectivity index (χ4v) is 2.35. The molecule has 0 spiro atoms. The van der Waals surface area contributed by atoms with Gasteiger partial charge in [0.25, 0.3) is 5.91 Å². The summed E-state index contributed by atoms with van der Waals surface area (Å²) in [5, 5.41) is 5.94. The zero-order valence-corrected chi connectivity index (χ0v) is 12.2. The molecule has 2 heterocycles. The first kappa shape index (κ1) is 14.8. The van der Waals surface area contributed by atoms with Crippen molar-refractivity contribution in [3.05, 3.63) is 23.4 Å².